The maximum atomic E-state index is 12.3. The van der Waals surface area contributed by atoms with Gasteiger partial charge in [-0.2, -0.15) is 0 Å². The van der Waals surface area contributed by atoms with E-state index in [2.05, 4.69) is 15.5 Å². The Morgan fingerprint density at radius 1 is 1.35 bits per heavy atom. The van der Waals surface area contributed by atoms with Crippen LogP contribution in [0, 0.1) is 0 Å². The Hall–Kier alpha value is -2.22. The third kappa shape index (κ3) is 4.49. The molecular weight excluding hydrogens is 350 g/mol. The summed E-state index contributed by atoms with van der Waals surface area (Å²) < 4.78 is 6.63. The van der Waals surface area contributed by atoms with Gasteiger partial charge in [0.25, 0.3) is 0 Å². The quantitative estimate of drug-likeness (QED) is 0.569. The fourth-order valence-corrected chi connectivity index (χ4v) is 3.83. The summed E-state index contributed by atoms with van der Waals surface area (Å²) in [6.45, 7) is 1.87. The van der Waals surface area contributed by atoms with Crippen LogP contribution >= 0.6 is 11.8 Å². The van der Waals surface area contributed by atoms with Crippen molar-refractivity contribution in [2.24, 2.45) is 0 Å². The molecule has 1 amide bonds. The Kier molecular flexibility index (Phi) is 6.03. The molecule has 1 aliphatic rings. The second kappa shape index (κ2) is 8.44. The number of amides is 1. The number of carbonyl (C=O) groups is 1. The van der Waals surface area contributed by atoms with E-state index in [-0.39, 0.29) is 11.2 Å². The van der Waals surface area contributed by atoms with Gasteiger partial charge < -0.3 is 15.9 Å². The van der Waals surface area contributed by atoms with E-state index in [0.29, 0.717) is 23.4 Å². The van der Waals surface area contributed by atoms with Crippen molar-refractivity contribution in [3.8, 4) is 5.75 Å². The zero-order valence-corrected chi connectivity index (χ0v) is 16.0. The molecule has 1 aliphatic carbocycles. The number of aromatic nitrogens is 3. The molecule has 140 valence electrons. The second-order valence-corrected chi connectivity index (χ2v) is 7.85. The van der Waals surface area contributed by atoms with Gasteiger partial charge in [0, 0.05) is 12.5 Å². The molecule has 3 N–H and O–H groups in total. The maximum Gasteiger partial charge on any atom is 0.233 e. The summed E-state index contributed by atoms with van der Waals surface area (Å²) in [4.78, 5) is 12.3. The van der Waals surface area contributed by atoms with Gasteiger partial charge in [-0.3, -0.25) is 4.79 Å². The average Bonchev–Trinajstić information content (AvgIpc) is 3.27. The number of benzene rings is 1. The van der Waals surface area contributed by atoms with E-state index >= 15 is 0 Å². The third-order valence-corrected chi connectivity index (χ3v) is 5.67. The molecule has 26 heavy (non-hydrogen) atoms. The molecule has 3 rings (SSSR count). The van der Waals surface area contributed by atoms with Gasteiger partial charge in [-0.05, 0) is 37.5 Å². The van der Waals surface area contributed by atoms with Crippen LogP contribution < -0.4 is 15.9 Å². The Bertz CT molecular complexity index is 741. The summed E-state index contributed by atoms with van der Waals surface area (Å²) in [7, 11) is 1.64. The molecule has 8 heteroatoms. The van der Waals surface area contributed by atoms with Crippen molar-refractivity contribution in [3.05, 3.63) is 35.7 Å². The number of nitrogen functional groups attached to an aromatic ring is 1. The van der Waals surface area contributed by atoms with Crippen LogP contribution in [0.25, 0.3) is 0 Å². The number of nitrogens with zero attached hydrogens (tertiary/aromatic N) is 3. The Morgan fingerprint density at radius 2 is 2.04 bits per heavy atom. The Morgan fingerprint density at radius 3 is 2.69 bits per heavy atom. The highest BCUT2D eigenvalue weighted by atomic mass is 32.2. The number of thioether (sulfide) groups is 1. The van der Waals surface area contributed by atoms with E-state index in [9.17, 15) is 4.79 Å². The first kappa shape index (κ1) is 18.6. The van der Waals surface area contributed by atoms with Gasteiger partial charge >= 0.3 is 0 Å². The average molecular weight is 375 g/mol. The number of nitrogens with one attached hydrogen (secondary N) is 1. The van der Waals surface area contributed by atoms with Crippen LogP contribution in [0.3, 0.4) is 0 Å². The van der Waals surface area contributed by atoms with Gasteiger partial charge in [0.05, 0.1) is 12.4 Å². The normalized spacial score (nSPS) is 15.8. The lowest BCUT2D eigenvalue weighted by Gasteiger charge is -2.15. The summed E-state index contributed by atoms with van der Waals surface area (Å²) in [6.07, 6.45) is 5.09. The summed E-state index contributed by atoms with van der Waals surface area (Å²) in [5, 5.41) is 11.7. The minimum Gasteiger partial charge on any atom is -0.497 e. The molecule has 7 nitrogen and oxygen atoms in total. The van der Waals surface area contributed by atoms with Crippen LogP contribution in [-0.4, -0.2) is 39.2 Å². The SMILES string of the molecule is COc1ccc(Cc2nnc(S[C@@H](C)C(=O)NC3CCCC3)n2N)cc1. The molecule has 1 aromatic heterocycles. The van der Waals surface area contributed by atoms with Crippen molar-refractivity contribution in [2.75, 3.05) is 13.0 Å². The highest BCUT2D eigenvalue weighted by Gasteiger charge is 2.23. The molecule has 2 aromatic rings. The number of hydrogen-bond donors (Lipinski definition) is 2. The van der Waals surface area contributed by atoms with Gasteiger partial charge in [-0.15, -0.1) is 10.2 Å². The van der Waals surface area contributed by atoms with Gasteiger partial charge in [0.15, 0.2) is 5.82 Å². The largest absolute Gasteiger partial charge is 0.497 e. The van der Waals surface area contributed by atoms with Crippen molar-refractivity contribution < 1.29 is 9.53 Å². The monoisotopic (exact) mass is 375 g/mol. The number of methoxy groups -OCH3 is 1. The minimum absolute atomic E-state index is 0.0293. The summed E-state index contributed by atoms with van der Waals surface area (Å²) in [6, 6.07) is 8.05. The Labute approximate surface area is 157 Å². The van der Waals surface area contributed by atoms with E-state index in [1.54, 1.807) is 7.11 Å². The predicted octanol–water partition coefficient (Wildman–Crippen LogP) is 2.13. The standard InChI is InChI=1S/C18H25N5O2S/c1-12(17(24)20-14-5-3-4-6-14)26-18-22-21-16(23(18)19)11-13-7-9-15(25-2)10-8-13/h7-10,12,14H,3-6,11,19H2,1-2H3,(H,20,24)/t12-/m0/s1. The molecule has 0 radical (unpaired) electrons. The van der Waals surface area contributed by atoms with Crippen molar-refractivity contribution in [1.29, 1.82) is 0 Å². The zero-order chi connectivity index (χ0) is 18.5. The molecule has 0 aliphatic heterocycles. The number of nitrogens with two attached hydrogens (primary N) is 1. The molecule has 0 unspecified atom stereocenters. The summed E-state index contributed by atoms with van der Waals surface area (Å²) in [5.74, 6) is 7.62. The van der Waals surface area contributed by atoms with Gasteiger partial charge in [-0.1, -0.05) is 36.7 Å². The van der Waals surface area contributed by atoms with Crippen LogP contribution in [0.15, 0.2) is 29.4 Å². The van der Waals surface area contributed by atoms with Crippen molar-refractivity contribution >= 4 is 17.7 Å². The molecule has 1 fully saturated rings. The molecular formula is C18H25N5O2S. The first-order valence-electron chi connectivity index (χ1n) is 8.86. The topological polar surface area (TPSA) is 95.1 Å². The molecule has 1 aromatic carbocycles. The first-order chi connectivity index (χ1) is 12.6. The van der Waals surface area contributed by atoms with Crippen LogP contribution in [0.1, 0.15) is 44.0 Å². The van der Waals surface area contributed by atoms with E-state index in [4.69, 9.17) is 10.6 Å². The zero-order valence-electron chi connectivity index (χ0n) is 15.1. The molecule has 0 saturated heterocycles. The lowest BCUT2D eigenvalue weighted by molar-refractivity contribution is -0.120. The first-order valence-corrected chi connectivity index (χ1v) is 9.74. The lowest BCUT2D eigenvalue weighted by Crippen LogP contribution is -2.37. The highest BCUT2D eigenvalue weighted by Crippen LogP contribution is 2.23. The van der Waals surface area contributed by atoms with Crippen LogP contribution in [0.5, 0.6) is 5.75 Å². The van der Waals surface area contributed by atoms with Crippen LogP contribution in [0.2, 0.25) is 0 Å². The smallest absolute Gasteiger partial charge is 0.233 e. The minimum atomic E-state index is -0.268. The Balaban J connectivity index is 1.59. The predicted molar refractivity (Wildman–Crippen MR) is 102 cm³/mol. The van der Waals surface area contributed by atoms with Crippen molar-refractivity contribution in [1.82, 2.24) is 20.2 Å². The van der Waals surface area contributed by atoms with E-state index < -0.39 is 0 Å². The molecule has 1 heterocycles. The van der Waals surface area contributed by atoms with E-state index in [0.717, 1.165) is 24.2 Å². The van der Waals surface area contributed by atoms with Crippen molar-refractivity contribution in [3.63, 3.8) is 0 Å². The number of carbonyl (C=O) groups excluding carboxylic acids is 1. The lowest BCUT2D eigenvalue weighted by atomic mass is 10.1. The molecule has 1 atom stereocenters. The fourth-order valence-electron chi connectivity index (χ4n) is 3.03. The molecule has 1 saturated carbocycles. The van der Waals surface area contributed by atoms with Crippen LogP contribution in [0.4, 0.5) is 0 Å². The third-order valence-electron chi connectivity index (χ3n) is 4.61. The summed E-state index contributed by atoms with van der Waals surface area (Å²) >= 11 is 1.33. The molecule has 0 bridgehead atoms. The number of ether oxygens (including phenoxy) is 1. The highest BCUT2D eigenvalue weighted by molar-refractivity contribution is 8.00. The van der Waals surface area contributed by atoms with Crippen LogP contribution in [-0.2, 0) is 11.2 Å². The van der Waals surface area contributed by atoms with E-state index in [1.165, 1.54) is 29.3 Å². The second-order valence-electron chi connectivity index (χ2n) is 6.54. The molecule has 0 spiro atoms. The van der Waals surface area contributed by atoms with Gasteiger partial charge in [-0.25, -0.2) is 4.68 Å². The number of rotatable bonds is 7. The van der Waals surface area contributed by atoms with Gasteiger partial charge in [0.2, 0.25) is 11.1 Å². The maximum absolute atomic E-state index is 12.3. The fraction of sp³-hybridized carbons (Fsp3) is 0.500. The number of hydrogen-bond acceptors (Lipinski definition) is 6. The summed E-state index contributed by atoms with van der Waals surface area (Å²) in [5.41, 5.74) is 1.06. The van der Waals surface area contributed by atoms with Gasteiger partial charge in [0.1, 0.15) is 5.75 Å². The van der Waals surface area contributed by atoms with Crippen molar-refractivity contribution in [2.45, 2.75) is 55.5 Å². The van der Waals surface area contributed by atoms with E-state index in [1.807, 2.05) is 31.2 Å².